The molecule has 4 rings (SSSR count). The molecule has 6 nitrogen and oxygen atoms in total. The minimum atomic E-state index is -0.258. The Hall–Kier alpha value is -3.67. The molecular weight excluding hydrogens is 376 g/mol. The fourth-order valence-electron chi connectivity index (χ4n) is 3.29. The van der Waals surface area contributed by atoms with Crippen LogP contribution in [0.5, 0.6) is 5.75 Å². The molecule has 0 radical (unpaired) electrons. The quantitative estimate of drug-likeness (QED) is 0.499. The van der Waals surface area contributed by atoms with Crippen molar-refractivity contribution in [3.05, 3.63) is 77.6 Å². The first-order valence-corrected chi connectivity index (χ1v) is 10.1. The first-order chi connectivity index (χ1) is 14.6. The molecule has 6 heteroatoms. The Morgan fingerprint density at radius 1 is 1.03 bits per heavy atom. The van der Waals surface area contributed by atoms with Gasteiger partial charge in [-0.2, -0.15) is 5.10 Å². The Bertz CT molecular complexity index is 1180. The minimum absolute atomic E-state index is 0.258. The lowest BCUT2D eigenvalue weighted by Gasteiger charge is -2.06. The Morgan fingerprint density at radius 2 is 1.77 bits per heavy atom. The topological polar surface area (TPSA) is 68.5 Å². The molecular formula is C24H24N4O2. The van der Waals surface area contributed by atoms with E-state index in [1.165, 1.54) is 5.56 Å². The number of hydrogen-bond donors (Lipinski definition) is 1. The van der Waals surface area contributed by atoms with Crippen molar-refractivity contribution < 1.29 is 9.53 Å². The third-order valence-electron chi connectivity index (χ3n) is 4.92. The van der Waals surface area contributed by atoms with Gasteiger partial charge in [-0.1, -0.05) is 19.1 Å². The summed E-state index contributed by atoms with van der Waals surface area (Å²) in [4.78, 5) is 17.4. The van der Waals surface area contributed by atoms with Gasteiger partial charge in [0.15, 0.2) is 11.3 Å². The van der Waals surface area contributed by atoms with E-state index in [-0.39, 0.29) is 5.91 Å². The van der Waals surface area contributed by atoms with E-state index in [4.69, 9.17) is 9.72 Å². The smallest absolute Gasteiger partial charge is 0.276 e. The van der Waals surface area contributed by atoms with Crippen molar-refractivity contribution in [1.82, 2.24) is 14.6 Å². The van der Waals surface area contributed by atoms with Crippen molar-refractivity contribution in [1.29, 1.82) is 0 Å². The standard InChI is InChI=1S/C24H24N4O2/c1-4-17-6-10-19(11-7-17)25-24(29)22-15-23-26-21(14-16(3)28(23)27-22)18-8-12-20(13-9-18)30-5-2/h6-15H,4-5H2,1-3H3,(H,25,29). The summed E-state index contributed by atoms with van der Waals surface area (Å²) in [5.74, 6) is 0.570. The van der Waals surface area contributed by atoms with Crippen LogP contribution in [0.1, 0.15) is 35.6 Å². The number of nitrogens with one attached hydrogen (secondary N) is 1. The molecule has 0 fully saturated rings. The average Bonchev–Trinajstić information content (AvgIpc) is 3.20. The molecule has 0 atom stereocenters. The van der Waals surface area contributed by atoms with Gasteiger partial charge in [-0.05, 0) is 68.3 Å². The summed E-state index contributed by atoms with van der Waals surface area (Å²) in [5, 5.41) is 7.34. The molecule has 0 bridgehead atoms. The number of anilines is 1. The van der Waals surface area contributed by atoms with Gasteiger partial charge in [0.2, 0.25) is 0 Å². The minimum Gasteiger partial charge on any atom is -0.494 e. The summed E-state index contributed by atoms with van der Waals surface area (Å²) in [6.45, 7) is 6.64. The molecule has 0 aliphatic carbocycles. The van der Waals surface area contributed by atoms with Crippen LogP contribution in [0, 0.1) is 6.92 Å². The first kappa shape index (κ1) is 19.6. The van der Waals surface area contributed by atoms with Crippen LogP contribution in [0.4, 0.5) is 5.69 Å². The van der Waals surface area contributed by atoms with Gasteiger partial charge >= 0.3 is 0 Å². The van der Waals surface area contributed by atoms with Gasteiger partial charge in [0.1, 0.15) is 5.75 Å². The van der Waals surface area contributed by atoms with Crippen LogP contribution in [0.25, 0.3) is 16.9 Å². The Balaban J connectivity index is 1.60. The summed E-state index contributed by atoms with van der Waals surface area (Å²) in [7, 11) is 0. The van der Waals surface area contributed by atoms with Crippen LogP contribution in [-0.2, 0) is 6.42 Å². The lowest BCUT2D eigenvalue weighted by molar-refractivity contribution is 0.102. The first-order valence-electron chi connectivity index (χ1n) is 10.1. The fourth-order valence-corrected chi connectivity index (χ4v) is 3.29. The molecule has 0 aliphatic heterocycles. The van der Waals surface area contributed by atoms with Crippen molar-refractivity contribution in [2.45, 2.75) is 27.2 Å². The van der Waals surface area contributed by atoms with Gasteiger partial charge < -0.3 is 10.1 Å². The molecule has 2 aromatic heterocycles. The second-order valence-corrected chi connectivity index (χ2v) is 7.04. The summed E-state index contributed by atoms with van der Waals surface area (Å²) < 4.78 is 7.19. The number of aromatic nitrogens is 3. The maximum Gasteiger partial charge on any atom is 0.276 e. The molecule has 2 heterocycles. The van der Waals surface area contributed by atoms with Gasteiger partial charge in [0, 0.05) is 23.0 Å². The number of benzene rings is 2. The van der Waals surface area contributed by atoms with E-state index < -0.39 is 0 Å². The molecule has 1 N–H and O–H groups in total. The molecule has 2 aromatic carbocycles. The molecule has 0 saturated carbocycles. The molecule has 0 saturated heterocycles. The highest BCUT2D eigenvalue weighted by atomic mass is 16.5. The zero-order valence-corrected chi connectivity index (χ0v) is 17.3. The predicted octanol–water partition coefficient (Wildman–Crippen LogP) is 4.92. The average molecular weight is 400 g/mol. The lowest BCUT2D eigenvalue weighted by atomic mass is 10.1. The van der Waals surface area contributed by atoms with E-state index >= 15 is 0 Å². The maximum absolute atomic E-state index is 12.7. The molecule has 1 amide bonds. The summed E-state index contributed by atoms with van der Waals surface area (Å²) >= 11 is 0. The summed E-state index contributed by atoms with van der Waals surface area (Å²) in [6, 6.07) is 19.3. The zero-order chi connectivity index (χ0) is 21.1. The van der Waals surface area contributed by atoms with Gasteiger partial charge in [-0.3, -0.25) is 4.79 Å². The second-order valence-electron chi connectivity index (χ2n) is 7.04. The fraction of sp³-hybridized carbons (Fsp3) is 0.208. The van der Waals surface area contributed by atoms with Crippen molar-refractivity contribution in [2.75, 3.05) is 11.9 Å². The van der Waals surface area contributed by atoms with Crippen LogP contribution in [-0.4, -0.2) is 27.1 Å². The van der Waals surface area contributed by atoms with Gasteiger partial charge in [-0.15, -0.1) is 0 Å². The normalized spacial score (nSPS) is 10.9. The number of fused-ring (bicyclic) bond motifs is 1. The van der Waals surface area contributed by atoms with Crippen molar-refractivity contribution in [2.24, 2.45) is 0 Å². The summed E-state index contributed by atoms with van der Waals surface area (Å²) in [5.41, 5.74) is 5.63. The van der Waals surface area contributed by atoms with E-state index in [0.29, 0.717) is 17.9 Å². The van der Waals surface area contributed by atoms with Crippen molar-refractivity contribution >= 4 is 17.2 Å². The number of ether oxygens (including phenoxy) is 1. The number of carbonyl (C=O) groups is 1. The predicted molar refractivity (Wildman–Crippen MR) is 118 cm³/mol. The van der Waals surface area contributed by atoms with E-state index in [0.717, 1.165) is 34.8 Å². The van der Waals surface area contributed by atoms with Crippen LogP contribution >= 0.6 is 0 Å². The third kappa shape index (κ3) is 4.03. The molecule has 152 valence electrons. The second kappa shape index (κ2) is 8.37. The highest BCUT2D eigenvalue weighted by molar-refractivity contribution is 6.03. The van der Waals surface area contributed by atoms with Crippen LogP contribution in [0.3, 0.4) is 0 Å². The van der Waals surface area contributed by atoms with Gasteiger partial charge in [0.25, 0.3) is 5.91 Å². The Labute approximate surface area is 175 Å². The SMILES string of the molecule is CCOc1ccc(-c2cc(C)n3nc(C(=O)Nc4ccc(CC)cc4)cc3n2)cc1. The molecule has 0 spiro atoms. The monoisotopic (exact) mass is 400 g/mol. The number of hydrogen-bond acceptors (Lipinski definition) is 4. The van der Waals surface area contributed by atoms with E-state index in [1.54, 1.807) is 10.6 Å². The molecule has 0 aliphatic rings. The molecule has 0 unspecified atom stereocenters. The van der Waals surface area contributed by atoms with Gasteiger partial charge in [-0.25, -0.2) is 9.50 Å². The van der Waals surface area contributed by atoms with E-state index in [1.807, 2.05) is 68.4 Å². The van der Waals surface area contributed by atoms with Crippen LogP contribution in [0.2, 0.25) is 0 Å². The Morgan fingerprint density at radius 3 is 2.43 bits per heavy atom. The number of aryl methyl sites for hydroxylation is 2. The number of nitrogens with zero attached hydrogens (tertiary/aromatic N) is 3. The molecule has 30 heavy (non-hydrogen) atoms. The molecule has 4 aromatic rings. The van der Waals surface area contributed by atoms with Crippen LogP contribution < -0.4 is 10.1 Å². The summed E-state index contributed by atoms with van der Waals surface area (Å²) in [6.07, 6.45) is 0.961. The van der Waals surface area contributed by atoms with E-state index in [2.05, 4.69) is 17.3 Å². The maximum atomic E-state index is 12.7. The number of amides is 1. The van der Waals surface area contributed by atoms with Gasteiger partial charge in [0.05, 0.1) is 12.3 Å². The Kier molecular flexibility index (Phi) is 5.48. The number of carbonyl (C=O) groups excluding carboxylic acids is 1. The zero-order valence-electron chi connectivity index (χ0n) is 17.3. The lowest BCUT2D eigenvalue weighted by Crippen LogP contribution is -2.12. The van der Waals surface area contributed by atoms with Crippen molar-refractivity contribution in [3.8, 4) is 17.0 Å². The number of rotatable bonds is 6. The van der Waals surface area contributed by atoms with Crippen LogP contribution in [0.15, 0.2) is 60.7 Å². The highest BCUT2D eigenvalue weighted by Gasteiger charge is 2.14. The van der Waals surface area contributed by atoms with Crippen molar-refractivity contribution in [3.63, 3.8) is 0 Å². The largest absolute Gasteiger partial charge is 0.494 e. The van der Waals surface area contributed by atoms with E-state index in [9.17, 15) is 4.79 Å². The third-order valence-corrected chi connectivity index (χ3v) is 4.92. The highest BCUT2D eigenvalue weighted by Crippen LogP contribution is 2.23.